The third-order valence-electron chi connectivity index (χ3n) is 6.72. The number of benzene rings is 1. The Morgan fingerprint density at radius 1 is 1.32 bits per heavy atom. The molecule has 2 heterocycles. The van der Waals surface area contributed by atoms with Gasteiger partial charge in [0.1, 0.15) is 6.07 Å². The Morgan fingerprint density at radius 3 is 2.63 bits per heavy atom. The highest BCUT2D eigenvalue weighted by molar-refractivity contribution is 6.43. The highest BCUT2D eigenvalue weighted by atomic mass is 19.3. The molecular weight excluding hydrogens is 497 g/mol. The van der Waals surface area contributed by atoms with Crippen LogP contribution >= 0.6 is 0 Å². The van der Waals surface area contributed by atoms with Crippen LogP contribution < -0.4 is 5.32 Å². The largest absolute Gasteiger partial charge is 0.475 e. The molecule has 3 N–H and O–H groups in total. The number of alkyl halides is 2. The molecular formula is C26H33BF2N4O5. The number of rotatable bonds is 9. The first kappa shape index (κ1) is 29.5. The van der Waals surface area contributed by atoms with Crippen LogP contribution in [-0.2, 0) is 20.7 Å². The van der Waals surface area contributed by atoms with Crippen molar-refractivity contribution in [2.75, 3.05) is 32.8 Å². The molecule has 2 atom stereocenters. The number of ether oxygens (including phenoxy) is 1. The van der Waals surface area contributed by atoms with Gasteiger partial charge in [0.25, 0.3) is 11.8 Å². The highest BCUT2D eigenvalue weighted by Gasteiger charge is 2.43. The summed E-state index contributed by atoms with van der Waals surface area (Å²) in [5.74, 6) is -4.76. The van der Waals surface area contributed by atoms with Gasteiger partial charge in [0.2, 0.25) is 5.91 Å². The fourth-order valence-electron chi connectivity index (χ4n) is 4.47. The van der Waals surface area contributed by atoms with Gasteiger partial charge in [-0.2, -0.15) is 5.26 Å². The quantitative estimate of drug-likeness (QED) is 0.189. The van der Waals surface area contributed by atoms with Gasteiger partial charge < -0.3 is 25.0 Å². The number of carbonyl (C=O) groups excluding carboxylic acids is 2. The van der Waals surface area contributed by atoms with Crippen molar-refractivity contribution in [1.29, 1.82) is 5.26 Å². The van der Waals surface area contributed by atoms with Crippen LogP contribution in [0.15, 0.2) is 47.7 Å². The normalized spacial score (nSPS) is 20.1. The second kappa shape index (κ2) is 12.7. The third-order valence-corrected chi connectivity index (χ3v) is 6.72. The van der Waals surface area contributed by atoms with E-state index in [2.05, 4.69) is 11.0 Å². The van der Waals surface area contributed by atoms with E-state index in [1.807, 2.05) is 36.4 Å². The minimum Gasteiger partial charge on any atom is -0.426 e. The number of nitrogens with zero attached hydrogens (tertiary/aromatic N) is 3. The summed E-state index contributed by atoms with van der Waals surface area (Å²) in [6.07, 6.45) is 0.649. The standard InChI is InChI=1S/C26H33BF2N4O5/c1-25(2,33-11-10-26(28,29)18-33)9-8-20(16-30)24(35)32-12-13-38-21(17-32)15-23(34)31-22(27(36)37)14-19-6-4-3-5-7-19/h3-7,9,21-22,36-37H,10-15,17-18H2,1-2H3,(H,31,34)/t8?,21-,22-/m0/s1. The molecule has 2 aliphatic rings. The molecule has 9 nitrogen and oxygen atoms in total. The Labute approximate surface area is 221 Å². The third kappa shape index (κ3) is 8.22. The van der Waals surface area contributed by atoms with Crippen molar-refractivity contribution in [3.63, 3.8) is 0 Å². The summed E-state index contributed by atoms with van der Waals surface area (Å²) in [6, 6.07) is 10.9. The summed E-state index contributed by atoms with van der Waals surface area (Å²) in [5, 5.41) is 31.6. The molecule has 2 aliphatic heterocycles. The van der Waals surface area contributed by atoms with Crippen LogP contribution in [0, 0.1) is 11.3 Å². The number of amides is 2. The lowest BCUT2D eigenvalue weighted by molar-refractivity contribution is -0.138. The minimum atomic E-state index is -2.77. The van der Waals surface area contributed by atoms with Gasteiger partial charge in [0.05, 0.1) is 31.6 Å². The van der Waals surface area contributed by atoms with Crippen LogP contribution in [0.2, 0.25) is 0 Å². The van der Waals surface area contributed by atoms with E-state index in [4.69, 9.17) is 4.74 Å². The van der Waals surface area contributed by atoms with Gasteiger partial charge in [-0.15, -0.1) is 0 Å². The number of carbonyl (C=O) groups is 2. The summed E-state index contributed by atoms with van der Waals surface area (Å²) in [6.45, 7) is 3.64. The topological polar surface area (TPSA) is 126 Å². The highest BCUT2D eigenvalue weighted by Crippen LogP contribution is 2.32. The maximum atomic E-state index is 13.6. The van der Waals surface area contributed by atoms with E-state index in [-0.39, 0.29) is 51.1 Å². The summed E-state index contributed by atoms with van der Waals surface area (Å²) in [7, 11) is -1.77. The van der Waals surface area contributed by atoms with Gasteiger partial charge in [-0.25, -0.2) is 8.78 Å². The Hall–Kier alpha value is -3.07. The van der Waals surface area contributed by atoms with E-state index in [1.165, 1.54) is 11.0 Å². The fraction of sp³-hybridized carbons (Fsp3) is 0.538. The lowest BCUT2D eigenvalue weighted by atomic mass is 9.76. The summed E-state index contributed by atoms with van der Waals surface area (Å²) < 4.78 is 32.9. The molecule has 1 aromatic rings. The molecule has 0 bridgehead atoms. The van der Waals surface area contributed by atoms with Crippen molar-refractivity contribution >= 4 is 18.9 Å². The Kier molecular flexibility index (Phi) is 9.82. The number of hydrogen-bond donors (Lipinski definition) is 3. The van der Waals surface area contributed by atoms with Crippen LogP contribution in [0.25, 0.3) is 0 Å². The first-order valence-electron chi connectivity index (χ1n) is 12.5. The maximum Gasteiger partial charge on any atom is 0.475 e. The molecule has 2 amide bonds. The van der Waals surface area contributed by atoms with Gasteiger partial charge in [0, 0.05) is 31.6 Å². The molecule has 38 heavy (non-hydrogen) atoms. The van der Waals surface area contributed by atoms with E-state index >= 15 is 0 Å². The fourth-order valence-corrected chi connectivity index (χ4v) is 4.47. The smallest absolute Gasteiger partial charge is 0.426 e. The lowest BCUT2D eigenvalue weighted by Gasteiger charge is -2.33. The molecule has 3 rings (SSSR count). The second-order valence-corrected chi connectivity index (χ2v) is 10.2. The van der Waals surface area contributed by atoms with Gasteiger partial charge in [-0.1, -0.05) is 36.1 Å². The maximum absolute atomic E-state index is 13.6. The zero-order valence-corrected chi connectivity index (χ0v) is 21.6. The summed E-state index contributed by atoms with van der Waals surface area (Å²) >= 11 is 0. The van der Waals surface area contributed by atoms with Gasteiger partial charge >= 0.3 is 7.12 Å². The average Bonchev–Trinajstić information content (AvgIpc) is 3.25. The van der Waals surface area contributed by atoms with Crippen molar-refractivity contribution < 1.29 is 33.2 Å². The van der Waals surface area contributed by atoms with Crippen LogP contribution in [0.3, 0.4) is 0 Å². The van der Waals surface area contributed by atoms with Gasteiger partial charge in [0.15, 0.2) is 5.57 Å². The van der Waals surface area contributed by atoms with Gasteiger partial charge in [-0.3, -0.25) is 14.5 Å². The molecule has 1 aromatic carbocycles. The second-order valence-electron chi connectivity index (χ2n) is 10.2. The minimum absolute atomic E-state index is 0.0475. The van der Waals surface area contributed by atoms with Crippen molar-refractivity contribution in [2.45, 2.75) is 56.6 Å². The zero-order chi connectivity index (χ0) is 27.9. The van der Waals surface area contributed by atoms with Crippen molar-refractivity contribution in [3.05, 3.63) is 53.3 Å². The molecule has 204 valence electrons. The number of morpholine rings is 1. The van der Waals surface area contributed by atoms with Gasteiger partial charge in [-0.05, 0) is 31.9 Å². The zero-order valence-electron chi connectivity index (χ0n) is 21.6. The number of likely N-dealkylation sites (tertiary alicyclic amines) is 1. The number of hydrogen-bond acceptors (Lipinski definition) is 7. The molecule has 0 radical (unpaired) electrons. The lowest BCUT2D eigenvalue weighted by Crippen LogP contribution is -2.51. The van der Waals surface area contributed by atoms with Crippen molar-refractivity contribution in [1.82, 2.24) is 15.1 Å². The molecule has 0 unspecified atom stereocenters. The molecule has 12 heteroatoms. The van der Waals surface area contributed by atoms with Crippen molar-refractivity contribution in [2.24, 2.45) is 0 Å². The average molecular weight is 530 g/mol. The predicted octanol–water partition coefficient (Wildman–Crippen LogP) is 1.07. The van der Waals surface area contributed by atoms with Crippen molar-refractivity contribution in [3.8, 4) is 6.07 Å². The molecule has 0 spiro atoms. The van der Waals surface area contributed by atoms with E-state index < -0.39 is 49.0 Å². The number of halogens is 2. The first-order chi connectivity index (χ1) is 17.9. The first-order valence-corrected chi connectivity index (χ1v) is 12.5. The van der Waals surface area contributed by atoms with E-state index in [0.29, 0.717) is 0 Å². The van der Waals surface area contributed by atoms with Crippen LogP contribution in [0.4, 0.5) is 8.78 Å². The van der Waals surface area contributed by atoms with E-state index in [1.54, 1.807) is 18.7 Å². The molecule has 2 saturated heterocycles. The molecule has 0 aliphatic carbocycles. The van der Waals surface area contributed by atoms with Crippen LogP contribution in [0.1, 0.15) is 32.3 Å². The summed E-state index contributed by atoms with van der Waals surface area (Å²) in [5.41, 5.74) is 2.43. The molecule has 0 saturated carbocycles. The number of nitriles is 1. The Balaban J connectivity index is 1.60. The van der Waals surface area contributed by atoms with E-state index in [0.717, 1.165) is 5.56 Å². The Bertz CT molecular complexity index is 1100. The van der Waals surface area contributed by atoms with E-state index in [9.17, 15) is 33.7 Å². The molecule has 2 fully saturated rings. The number of nitrogens with one attached hydrogen (secondary N) is 1. The van der Waals surface area contributed by atoms with Crippen LogP contribution in [-0.4, -0.2) is 95.1 Å². The van der Waals surface area contributed by atoms with Crippen LogP contribution in [0.5, 0.6) is 0 Å². The predicted molar refractivity (Wildman–Crippen MR) is 136 cm³/mol. The SMILES string of the molecule is CC(C)(C=C=C(C#N)C(=O)N1CCO[C@@H](CC(=O)N[C@@H](Cc2ccccc2)B(O)O)C1)N1CCC(F)(F)C1. The molecule has 0 aromatic heterocycles. The monoisotopic (exact) mass is 530 g/mol. The summed E-state index contributed by atoms with van der Waals surface area (Å²) in [4.78, 5) is 28.6. The Morgan fingerprint density at radius 2 is 2.03 bits per heavy atom.